The van der Waals surface area contributed by atoms with Crippen LogP contribution in [0.2, 0.25) is 0 Å². The highest BCUT2D eigenvalue weighted by Gasteiger charge is 2.25. The van der Waals surface area contributed by atoms with E-state index in [1.54, 1.807) is 13.2 Å². The van der Waals surface area contributed by atoms with Crippen LogP contribution in [0.15, 0.2) is 34.0 Å². The Morgan fingerprint density at radius 1 is 1.28 bits per heavy atom. The van der Waals surface area contributed by atoms with E-state index in [0.717, 1.165) is 31.5 Å². The average molecular weight is 439 g/mol. The number of hydrazone groups is 1. The Morgan fingerprint density at radius 3 is 2.81 bits per heavy atom. The fourth-order valence-corrected chi connectivity index (χ4v) is 3.57. The number of amides is 1. The highest BCUT2D eigenvalue weighted by atomic mass is 16.6. The van der Waals surface area contributed by atoms with Gasteiger partial charge in [-0.15, -0.1) is 5.10 Å². The minimum atomic E-state index is -0.491. The molecule has 0 saturated carbocycles. The molecule has 0 atom stereocenters. The van der Waals surface area contributed by atoms with Crippen LogP contribution < -0.4 is 15.9 Å². The lowest BCUT2D eigenvalue weighted by Gasteiger charge is -2.20. The van der Waals surface area contributed by atoms with Crippen LogP contribution in [0.3, 0.4) is 0 Å². The van der Waals surface area contributed by atoms with Crippen LogP contribution in [0.4, 0.5) is 5.82 Å². The minimum absolute atomic E-state index is 0.0648. The van der Waals surface area contributed by atoms with Gasteiger partial charge in [0, 0.05) is 6.54 Å². The summed E-state index contributed by atoms with van der Waals surface area (Å²) < 4.78 is 11.3. The van der Waals surface area contributed by atoms with Crippen molar-refractivity contribution < 1.29 is 14.2 Å². The molecule has 168 valence electrons. The average Bonchev–Trinajstić information content (AvgIpc) is 3.31. The van der Waals surface area contributed by atoms with Crippen molar-refractivity contribution in [1.29, 1.82) is 0 Å². The van der Waals surface area contributed by atoms with Crippen molar-refractivity contribution in [2.75, 3.05) is 25.9 Å². The van der Waals surface area contributed by atoms with Gasteiger partial charge in [-0.3, -0.25) is 9.69 Å². The molecule has 1 fully saturated rings. The zero-order valence-electron chi connectivity index (χ0n) is 17.8. The predicted octanol–water partition coefficient (Wildman–Crippen LogP) is 1.38. The second kappa shape index (κ2) is 10.0. The van der Waals surface area contributed by atoms with Crippen molar-refractivity contribution in [3.63, 3.8) is 0 Å². The number of nitrogens with one attached hydrogen (secondary N) is 1. The first kappa shape index (κ1) is 21.4. The summed E-state index contributed by atoms with van der Waals surface area (Å²) >= 11 is 0. The number of benzene rings is 1. The van der Waals surface area contributed by atoms with E-state index >= 15 is 0 Å². The van der Waals surface area contributed by atoms with E-state index in [-0.39, 0.29) is 17.3 Å². The van der Waals surface area contributed by atoms with Crippen LogP contribution in [-0.4, -0.2) is 62.5 Å². The molecule has 4 rings (SSSR count). The second-order valence-electron chi connectivity index (χ2n) is 7.44. The number of nitrogens with zero attached hydrogens (tertiary/aromatic N) is 7. The lowest BCUT2D eigenvalue weighted by Crippen LogP contribution is -2.28. The number of nitrogen functional groups attached to an aromatic ring is 1. The molecular formula is C20H25N9O3. The Bertz CT molecular complexity index is 1080. The summed E-state index contributed by atoms with van der Waals surface area (Å²) in [7, 11) is 1.59. The minimum Gasteiger partial charge on any atom is -0.497 e. The number of carbonyl (C=O) groups is 1. The number of methoxy groups -OCH3 is 1. The van der Waals surface area contributed by atoms with Gasteiger partial charge in [0.25, 0.3) is 5.91 Å². The highest BCUT2D eigenvalue weighted by molar-refractivity contribution is 5.94. The maximum atomic E-state index is 12.9. The monoisotopic (exact) mass is 439 g/mol. The Labute approximate surface area is 184 Å². The molecule has 1 amide bonds. The molecule has 12 nitrogen and oxygen atoms in total. The summed E-state index contributed by atoms with van der Waals surface area (Å²) in [6.07, 6.45) is 6.11. The maximum absolute atomic E-state index is 12.9. The maximum Gasteiger partial charge on any atom is 0.293 e. The molecule has 1 aromatic carbocycles. The number of carbonyl (C=O) groups excluding carboxylic acids is 1. The van der Waals surface area contributed by atoms with Crippen molar-refractivity contribution in [1.82, 2.24) is 35.6 Å². The largest absolute Gasteiger partial charge is 0.497 e. The van der Waals surface area contributed by atoms with Gasteiger partial charge in [-0.05, 0) is 53.9 Å². The van der Waals surface area contributed by atoms with Gasteiger partial charge in [-0.25, -0.2) is 10.1 Å². The van der Waals surface area contributed by atoms with Gasteiger partial charge >= 0.3 is 0 Å². The van der Waals surface area contributed by atoms with Crippen molar-refractivity contribution in [3.8, 4) is 11.6 Å². The fourth-order valence-electron chi connectivity index (χ4n) is 3.57. The first-order valence-corrected chi connectivity index (χ1v) is 10.4. The van der Waals surface area contributed by atoms with E-state index in [4.69, 9.17) is 15.1 Å². The Hall–Kier alpha value is -3.80. The van der Waals surface area contributed by atoms with Gasteiger partial charge in [0.05, 0.1) is 19.0 Å². The summed E-state index contributed by atoms with van der Waals surface area (Å²) in [6, 6.07) is 7.31. The summed E-state index contributed by atoms with van der Waals surface area (Å²) in [5.41, 5.74) is 9.82. The topological polar surface area (TPSA) is 150 Å². The molecule has 3 aromatic rings. The third-order valence-corrected chi connectivity index (χ3v) is 5.22. The van der Waals surface area contributed by atoms with Crippen LogP contribution in [0.1, 0.15) is 47.4 Å². The smallest absolute Gasteiger partial charge is 0.293 e. The van der Waals surface area contributed by atoms with Gasteiger partial charge < -0.3 is 10.5 Å². The van der Waals surface area contributed by atoms with Crippen LogP contribution in [0, 0.1) is 0 Å². The molecule has 0 aliphatic carbocycles. The normalized spacial score (nSPS) is 15.0. The molecule has 12 heteroatoms. The zero-order chi connectivity index (χ0) is 22.3. The lowest BCUT2D eigenvalue weighted by molar-refractivity contribution is 0.0948. The highest BCUT2D eigenvalue weighted by Crippen LogP contribution is 2.19. The van der Waals surface area contributed by atoms with E-state index in [2.05, 4.69) is 36.1 Å². The number of hydrogen-bond donors (Lipinski definition) is 2. The number of likely N-dealkylation sites (tertiary alicyclic amines) is 1. The van der Waals surface area contributed by atoms with Crippen molar-refractivity contribution in [2.45, 2.75) is 32.2 Å². The number of nitrogens with two attached hydrogens (primary N) is 1. The van der Waals surface area contributed by atoms with Crippen molar-refractivity contribution in [2.24, 2.45) is 5.10 Å². The summed E-state index contributed by atoms with van der Waals surface area (Å²) in [5, 5.41) is 19.6. The van der Waals surface area contributed by atoms with Gasteiger partial charge in [0.1, 0.15) is 5.75 Å². The van der Waals surface area contributed by atoms with Gasteiger partial charge in [-0.2, -0.15) is 9.78 Å². The first-order valence-electron chi connectivity index (χ1n) is 10.4. The Morgan fingerprint density at radius 2 is 2.09 bits per heavy atom. The molecular weight excluding hydrogens is 414 g/mol. The van der Waals surface area contributed by atoms with Crippen LogP contribution in [0.5, 0.6) is 5.75 Å². The molecule has 32 heavy (non-hydrogen) atoms. The number of hydrogen-bond acceptors (Lipinski definition) is 10. The Balaban J connectivity index is 1.56. The molecule has 1 aliphatic rings. The van der Waals surface area contributed by atoms with E-state index in [0.29, 0.717) is 18.0 Å². The van der Waals surface area contributed by atoms with Crippen LogP contribution in [0.25, 0.3) is 5.82 Å². The van der Waals surface area contributed by atoms with E-state index in [9.17, 15) is 4.79 Å². The molecule has 0 bridgehead atoms. The van der Waals surface area contributed by atoms with Crippen LogP contribution in [-0.2, 0) is 6.54 Å². The third-order valence-electron chi connectivity index (χ3n) is 5.22. The second-order valence-corrected chi connectivity index (χ2v) is 7.44. The van der Waals surface area contributed by atoms with E-state index < -0.39 is 5.91 Å². The quantitative estimate of drug-likeness (QED) is 0.411. The molecule has 3 N–H and O–H groups in total. The molecule has 3 heterocycles. The fraction of sp³-hybridized carbons (Fsp3) is 0.400. The summed E-state index contributed by atoms with van der Waals surface area (Å²) in [6.45, 7) is 2.31. The SMILES string of the molecule is COc1cccc(/C=N/NC(=O)c2nnn(-c3nonc3N)c2CN2CCCCCC2)c1. The number of anilines is 1. The Kier molecular flexibility index (Phi) is 6.70. The number of rotatable bonds is 7. The van der Waals surface area contributed by atoms with Crippen LogP contribution >= 0.6 is 0 Å². The molecule has 0 spiro atoms. The van der Waals surface area contributed by atoms with Gasteiger partial charge in [-0.1, -0.05) is 30.2 Å². The lowest BCUT2D eigenvalue weighted by atomic mass is 10.2. The molecule has 2 aromatic heterocycles. The van der Waals surface area contributed by atoms with E-state index in [1.807, 2.05) is 18.2 Å². The first-order chi connectivity index (χ1) is 15.7. The molecule has 1 aliphatic heterocycles. The third kappa shape index (κ3) is 4.91. The molecule has 1 saturated heterocycles. The number of ether oxygens (including phenoxy) is 1. The summed E-state index contributed by atoms with van der Waals surface area (Å²) in [5.74, 6) is 0.466. The molecule has 0 radical (unpaired) electrons. The predicted molar refractivity (Wildman–Crippen MR) is 115 cm³/mol. The van der Waals surface area contributed by atoms with Gasteiger partial charge in [0.2, 0.25) is 11.6 Å². The van der Waals surface area contributed by atoms with Crippen molar-refractivity contribution >= 4 is 17.9 Å². The standard InChI is InChI=1S/C20H25N9O3/c1-31-15-8-6-7-14(11-15)12-22-24-20(30)17-16(13-28-9-4-2-3-5-10-28)29(27-23-17)19-18(21)25-32-26-19/h6-8,11-12H,2-5,9-10,13H2,1H3,(H2,21,25)(H,24,30)/b22-12+. The zero-order valence-corrected chi connectivity index (χ0v) is 17.8. The van der Waals surface area contributed by atoms with Gasteiger partial charge in [0.15, 0.2) is 5.69 Å². The van der Waals surface area contributed by atoms with E-state index in [1.165, 1.54) is 23.7 Å². The molecule has 0 unspecified atom stereocenters. The van der Waals surface area contributed by atoms with Crippen molar-refractivity contribution in [3.05, 3.63) is 41.2 Å². The number of aromatic nitrogens is 5. The summed E-state index contributed by atoms with van der Waals surface area (Å²) in [4.78, 5) is 15.1.